The van der Waals surface area contributed by atoms with E-state index in [1.165, 1.54) is 11.9 Å². The molecule has 2 aromatic heterocycles. The summed E-state index contributed by atoms with van der Waals surface area (Å²) in [7, 11) is -9.88. The number of fused-ring (bicyclic) bond motifs is 5. The van der Waals surface area contributed by atoms with E-state index in [9.17, 15) is 48.2 Å². The van der Waals surface area contributed by atoms with Gasteiger partial charge in [0.15, 0.2) is 29.0 Å². The Hall–Kier alpha value is -5.32. The van der Waals surface area contributed by atoms with Crippen molar-refractivity contribution in [3.63, 3.8) is 0 Å². The molecule has 1 saturated heterocycles. The maximum Gasteiger partial charge on any atom is 0.488 e. The van der Waals surface area contributed by atoms with Crippen molar-refractivity contribution < 1.29 is 75.5 Å². The molecule has 89 heavy (non-hydrogen) atoms. The number of imidazole rings is 1. The second-order valence-corrected chi connectivity index (χ2v) is 29.7. The van der Waals surface area contributed by atoms with Crippen LogP contribution < -0.4 is 46.7 Å². The number of phosphoric ester groups is 1. The van der Waals surface area contributed by atoms with E-state index >= 15 is 4.79 Å². The van der Waals surface area contributed by atoms with Crippen LogP contribution in [0.25, 0.3) is 27.9 Å². The number of aliphatic hydroxyl groups excluding tert-OH is 1. The van der Waals surface area contributed by atoms with Crippen molar-refractivity contribution >= 4 is 138 Å². The monoisotopic (exact) mass is 1390 g/mol. The number of nitrogens with zero attached hydrogens (tertiary/aromatic N) is 6. The lowest BCUT2D eigenvalue weighted by Gasteiger charge is -2.43. The van der Waals surface area contributed by atoms with Crippen molar-refractivity contribution in [2.75, 3.05) is 57.0 Å². The van der Waals surface area contributed by atoms with Crippen LogP contribution in [0, 0.1) is 0 Å². The Bertz CT molecular complexity index is 4200. The first kappa shape index (κ1) is 68.1. The van der Waals surface area contributed by atoms with Crippen LogP contribution in [0.3, 0.4) is 0 Å². The number of amides is 3. The van der Waals surface area contributed by atoms with Gasteiger partial charge < -0.3 is 65.1 Å². The van der Waals surface area contributed by atoms with E-state index in [-0.39, 0.29) is 91.9 Å². The second kappa shape index (κ2) is 25.6. The number of H-pyrrole nitrogens is 1. The fourth-order valence-electron chi connectivity index (χ4n) is 11.7. The molecule has 4 aliphatic rings. The van der Waals surface area contributed by atoms with Gasteiger partial charge in [0.25, 0.3) is 11.5 Å². The minimum absolute atomic E-state index is 0.0231. The Balaban J connectivity index is 0.910. The maximum absolute atomic E-state index is 15.1. The van der Waals surface area contributed by atoms with Gasteiger partial charge in [-0.1, -0.05) is 52.5 Å². The lowest BCUT2D eigenvalue weighted by atomic mass is 9.83. The highest BCUT2D eigenvalue weighted by Gasteiger charge is 2.50. The SMILES string of the molecule is CCN1c2cc3c(cc2C(C)=CC1(C)C)C(c1c(Cl)c(Cl)c(Cl)c(Cl)c1C(=O)N(C)CCCC(=O)NCCNC(=O)O[C@H]1[C@@H](O)[C@H](n2cnc4c(=O)[nH]c(N)nc42)O[C@@H]1COP(=O)(O)OP(=O)(O)OP(O)(O)=S)=c1cc2c(cc1O3)=[N+](CC)C(C)(C)C=C2C. The average molecular weight is 1390 g/mol. The third kappa shape index (κ3) is 13.9. The number of carbonyl (C=O) groups is 3. The van der Waals surface area contributed by atoms with Gasteiger partial charge in [-0.2, -0.15) is 9.29 Å². The van der Waals surface area contributed by atoms with Gasteiger partial charge in [0, 0.05) is 98.3 Å². The molecular formula is C54H64Cl4N10O17P3S+. The molecule has 27 nitrogen and oxygen atoms in total. The van der Waals surface area contributed by atoms with E-state index < -0.39 is 77.0 Å². The lowest BCUT2D eigenvalue weighted by molar-refractivity contribution is -0.121. The van der Waals surface area contributed by atoms with Gasteiger partial charge in [0.05, 0.1) is 50.2 Å². The number of likely N-dealkylation sites (N-methyl/N-ethyl adjacent to an activating group) is 2. The summed E-state index contributed by atoms with van der Waals surface area (Å²) in [6.45, 7) is 11.8. The molecule has 9 rings (SSSR count). The number of alkyl carbamates (subject to hydrolysis) is 1. The summed E-state index contributed by atoms with van der Waals surface area (Å²) in [4.78, 5) is 107. The van der Waals surface area contributed by atoms with Crippen molar-refractivity contribution in [3.05, 3.63) is 112 Å². The van der Waals surface area contributed by atoms with Crippen molar-refractivity contribution in [2.24, 2.45) is 0 Å². The molecule has 5 aromatic rings. The molecule has 0 bridgehead atoms. The molecule has 2 unspecified atom stereocenters. The Morgan fingerprint density at radius 2 is 1.58 bits per heavy atom. The molecule has 1 fully saturated rings. The first-order valence-electron chi connectivity index (χ1n) is 27.5. The molecule has 0 spiro atoms. The van der Waals surface area contributed by atoms with Crippen LogP contribution in [0.2, 0.25) is 20.1 Å². The minimum atomic E-state index is -5.75. The van der Waals surface area contributed by atoms with Gasteiger partial charge in [-0.05, 0) is 89.1 Å². The molecule has 3 aromatic carbocycles. The molecule has 0 saturated carbocycles. The fourth-order valence-corrected chi connectivity index (χ4v) is 16.6. The van der Waals surface area contributed by atoms with Gasteiger partial charge in [-0.3, -0.25) is 28.5 Å². The van der Waals surface area contributed by atoms with Gasteiger partial charge in [-0.15, -0.1) is 0 Å². The summed E-state index contributed by atoms with van der Waals surface area (Å²) in [5.74, 6) is -0.394. The van der Waals surface area contributed by atoms with E-state index in [0.717, 1.165) is 44.2 Å². The van der Waals surface area contributed by atoms with E-state index in [2.05, 4.69) is 123 Å². The largest absolute Gasteiger partial charge is 0.488 e. The first-order chi connectivity index (χ1) is 41.5. The number of carbonyl (C=O) groups excluding carboxylic acids is 3. The number of hydrogen-bond acceptors (Lipinski definition) is 18. The summed E-state index contributed by atoms with van der Waals surface area (Å²) >= 11 is 32.4. The smallest absolute Gasteiger partial charge is 0.456 e. The van der Waals surface area contributed by atoms with Gasteiger partial charge in [0.2, 0.25) is 17.2 Å². The zero-order chi connectivity index (χ0) is 65.4. The number of anilines is 2. The number of phosphoric acid groups is 2. The third-order valence-electron chi connectivity index (χ3n) is 15.3. The molecule has 10 N–H and O–H groups in total. The predicted molar refractivity (Wildman–Crippen MR) is 337 cm³/mol. The molecule has 480 valence electrons. The van der Waals surface area contributed by atoms with Gasteiger partial charge in [0.1, 0.15) is 30.3 Å². The molecule has 0 radical (unpaired) electrons. The van der Waals surface area contributed by atoms with Crippen LogP contribution in [0.15, 0.2) is 47.5 Å². The van der Waals surface area contributed by atoms with E-state index in [4.69, 9.17) is 70.9 Å². The third-order valence-corrected chi connectivity index (χ3v) is 21.5. The van der Waals surface area contributed by atoms with Crippen molar-refractivity contribution in [1.82, 2.24) is 39.6 Å². The maximum atomic E-state index is 15.1. The number of halogens is 4. The Kier molecular flexibility index (Phi) is 19.6. The zero-order valence-corrected chi connectivity index (χ0v) is 55.7. The molecule has 3 amide bonds. The molecule has 6 heterocycles. The zero-order valence-electron chi connectivity index (χ0n) is 49.2. The molecule has 35 heteroatoms. The first-order valence-corrected chi connectivity index (χ1v) is 34.6. The van der Waals surface area contributed by atoms with Gasteiger partial charge >= 0.3 is 28.5 Å². The number of aromatic amines is 1. The Morgan fingerprint density at radius 1 is 0.910 bits per heavy atom. The van der Waals surface area contributed by atoms with Crippen LogP contribution in [-0.2, 0) is 48.4 Å². The van der Waals surface area contributed by atoms with Gasteiger partial charge in [-0.25, -0.2) is 27.8 Å². The highest BCUT2D eigenvalue weighted by molar-refractivity contribution is 8.08. The molecule has 0 aliphatic carbocycles. The quantitative estimate of drug-likeness (QED) is 0.0124. The summed E-state index contributed by atoms with van der Waals surface area (Å²) in [6.07, 6.45) is -2.74. The van der Waals surface area contributed by atoms with Crippen LogP contribution in [0.1, 0.15) is 107 Å². The summed E-state index contributed by atoms with van der Waals surface area (Å²) in [5.41, 5.74) is 10.1. The van der Waals surface area contributed by atoms with Crippen LogP contribution in [-0.4, -0.2) is 143 Å². The summed E-state index contributed by atoms with van der Waals surface area (Å²) in [6, 6.07) is 8.14. The number of ether oxygens (including phenoxy) is 3. The lowest BCUT2D eigenvalue weighted by Crippen LogP contribution is -2.49. The normalized spacial score (nSPS) is 20.4. The van der Waals surface area contributed by atoms with E-state index in [0.29, 0.717) is 40.9 Å². The Labute approximate surface area is 534 Å². The highest BCUT2D eigenvalue weighted by Crippen LogP contribution is 2.66. The fraction of sp³-hybridized carbons (Fsp3) is 0.426. The highest BCUT2D eigenvalue weighted by atomic mass is 35.5. The minimum Gasteiger partial charge on any atom is -0.456 e. The molecular weight excluding hydrogens is 1330 g/mol. The standard InChI is InChI=1S/C54H63Cl4N10O17P3S/c1-10-67-31-19-33-29(17-27(31)25(3)21-53(67,5)6)37(30-18-28-26(4)22-54(7,8)68(11-2)32(28)20-34(30)81-33)38-39(41(56)43(58)42(57)40(38)55)49(72)65(9)16-12-13-36(69)60-14-15-61-52(73)83-46-35(23-80-86(74,75)84-87(76,77)85-88(78,79)89)82-50(45(46)70)66-24-62-44-47(66)63-51(59)64-48(44)71/h17-22,24,35,45-46,50,70H,10-16,23H2,1-9H3,(H8-,59,60,61,63,64,69,71,73,74,75,76,77,78,79,89)/p+1/t35-,45-,46-,50-/m1/s1. The Morgan fingerprint density at radius 3 is 2.26 bits per heavy atom. The average Bonchev–Trinajstić information content (AvgIpc) is 1.35. The van der Waals surface area contributed by atoms with E-state index in [1.54, 1.807) is 0 Å². The van der Waals surface area contributed by atoms with E-state index in [1.807, 2.05) is 24.3 Å². The van der Waals surface area contributed by atoms with Crippen molar-refractivity contribution in [3.8, 4) is 11.5 Å². The predicted octanol–water partition coefficient (Wildman–Crippen LogP) is 6.88. The van der Waals surface area contributed by atoms with Crippen LogP contribution in [0.5, 0.6) is 11.5 Å². The molecule has 4 aliphatic heterocycles. The number of allylic oxidation sites excluding steroid dienone is 2. The number of aliphatic hydroxyl groups is 1. The van der Waals surface area contributed by atoms with Crippen LogP contribution >= 0.6 is 68.8 Å². The second-order valence-electron chi connectivity index (χ2n) is 22.4. The topological polar surface area (TPSA) is 365 Å². The number of aromatic nitrogens is 4. The summed E-state index contributed by atoms with van der Waals surface area (Å²) < 4.78 is 59.2. The van der Waals surface area contributed by atoms with Crippen molar-refractivity contribution in [1.29, 1.82) is 0 Å². The number of nitrogens with two attached hydrogens (primary N) is 1. The number of benzene rings is 3. The summed E-state index contributed by atoms with van der Waals surface area (Å²) in [5, 5.41) is 17.7. The molecule has 6 atom stereocenters. The number of rotatable bonds is 20. The number of hydrogen-bond donors (Lipinski definition) is 9. The number of nitrogens with one attached hydrogen (secondary N) is 3. The number of nitrogen functional groups attached to an aromatic ring is 1. The van der Waals surface area contributed by atoms with Crippen molar-refractivity contribution in [2.45, 2.75) is 104 Å². The van der Waals surface area contributed by atoms with Crippen LogP contribution in [0.4, 0.5) is 16.4 Å².